The summed E-state index contributed by atoms with van der Waals surface area (Å²) in [7, 11) is 0. The Morgan fingerprint density at radius 1 is 1.07 bits per heavy atom. The molecule has 2 aromatic rings. The molecule has 1 atom stereocenters. The van der Waals surface area contributed by atoms with E-state index in [-0.39, 0.29) is 5.91 Å². The van der Waals surface area contributed by atoms with E-state index in [4.69, 9.17) is 4.74 Å². The number of ether oxygens (including phenoxy) is 1. The van der Waals surface area contributed by atoms with Gasteiger partial charge in [0.25, 0.3) is 0 Å². The molecule has 0 saturated carbocycles. The largest absolute Gasteiger partial charge is 0.493 e. The highest BCUT2D eigenvalue weighted by Gasteiger charge is 2.22. The van der Waals surface area contributed by atoms with Gasteiger partial charge in [0.05, 0.1) is 13.2 Å². The van der Waals surface area contributed by atoms with Gasteiger partial charge in [-0.15, -0.1) is 0 Å². The number of carbonyl (C=O) groups is 1. The van der Waals surface area contributed by atoms with Gasteiger partial charge in [-0.2, -0.15) is 0 Å². The molecule has 3 rings (SSSR count). The molecule has 2 aromatic carbocycles. The molecule has 1 heterocycles. The molecule has 4 nitrogen and oxygen atoms in total. The molecule has 1 unspecified atom stereocenters. The van der Waals surface area contributed by atoms with Crippen LogP contribution in [0.5, 0.6) is 5.75 Å². The van der Waals surface area contributed by atoms with Crippen LogP contribution in [-0.4, -0.2) is 37.0 Å². The first kappa shape index (κ1) is 20.4. The van der Waals surface area contributed by atoms with E-state index in [0.717, 1.165) is 50.2 Å². The Hall–Kier alpha value is -2.33. The number of nitrogens with one attached hydrogen (secondary N) is 1. The first-order chi connectivity index (χ1) is 13.7. The van der Waals surface area contributed by atoms with Crippen molar-refractivity contribution >= 4 is 11.6 Å². The minimum atomic E-state index is 0.0835. The number of anilines is 1. The number of benzene rings is 2. The highest BCUT2D eigenvalue weighted by Crippen LogP contribution is 2.23. The number of likely N-dealkylation sites (tertiary alicyclic amines) is 1. The second-order valence-corrected chi connectivity index (χ2v) is 7.57. The second-order valence-electron chi connectivity index (χ2n) is 7.57. The molecule has 0 aromatic heterocycles. The number of rotatable bonds is 8. The third-order valence-corrected chi connectivity index (χ3v) is 5.46. The Kier molecular flexibility index (Phi) is 7.49. The van der Waals surface area contributed by atoms with Crippen molar-refractivity contribution in [1.29, 1.82) is 0 Å². The lowest BCUT2D eigenvalue weighted by Gasteiger charge is -2.32. The topological polar surface area (TPSA) is 41.6 Å². The Labute approximate surface area is 168 Å². The molecule has 1 aliphatic heterocycles. The average Bonchev–Trinajstić information content (AvgIpc) is 2.73. The summed E-state index contributed by atoms with van der Waals surface area (Å²) >= 11 is 0. The number of hydrogen-bond donors (Lipinski definition) is 1. The number of amides is 1. The number of carbonyl (C=O) groups excluding carboxylic acids is 1. The van der Waals surface area contributed by atoms with Gasteiger partial charge in [-0.25, -0.2) is 0 Å². The minimum absolute atomic E-state index is 0.0835. The molecular formula is C24H32N2O2. The number of hydrogen-bond acceptors (Lipinski definition) is 3. The maximum absolute atomic E-state index is 12.7. The van der Waals surface area contributed by atoms with Crippen molar-refractivity contribution in [2.45, 2.75) is 39.5 Å². The maximum atomic E-state index is 12.7. The zero-order valence-electron chi connectivity index (χ0n) is 17.1. The lowest BCUT2D eigenvalue weighted by molar-refractivity contribution is -0.117. The molecule has 0 spiro atoms. The van der Waals surface area contributed by atoms with Gasteiger partial charge in [-0.1, -0.05) is 50.2 Å². The van der Waals surface area contributed by atoms with E-state index in [1.165, 1.54) is 11.1 Å². The zero-order valence-corrected chi connectivity index (χ0v) is 17.1. The summed E-state index contributed by atoms with van der Waals surface area (Å²) in [6, 6.07) is 16.2. The normalized spacial score (nSPS) is 17.3. The summed E-state index contributed by atoms with van der Waals surface area (Å²) in [5, 5.41) is 3.19. The van der Waals surface area contributed by atoms with Gasteiger partial charge in [-0.05, 0) is 55.5 Å². The predicted molar refractivity (Wildman–Crippen MR) is 115 cm³/mol. The minimum Gasteiger partial charge on any atom is -0.493 e. The second kappa shape index (κ2) is 10.3. The molecule has 1 aliphatic rings. The highest BCUT2D eigenvalue weighted by atomic mass is 16.5. The molecule has 28 heavy (non-hydrogen) atoms. The molecule has 1 N–H and O–H groups in total. The Morgan fingerprint density at radius 3 is 2.46 bits per heavy atom. The van der Waals surface area contributed by atoms with E-state index in [2.05, 4.69) is 42.3 Å². The van der Waals surface area contributed by atoms with Crippen LogP contribution in [0.4, 0.5) is 5.69 Å². The molecule has 150 valence electrons. The Balaban J connectivity index is 1.53. The number of para-hydroxylation sites is 2. The van der Waals surface area contributed by atoms with Gasteiger partial charge in [0.15, 0.2) is 0 Å². The van der Waals surface area contributed by atoms with Crippen molar-refractivity contribution in [3.8, 4) is 5.75 Å². The fraction of sp³-hybridized carbons (Fsp3) is 0.458. The first-order valence-corrected chi connectivity index (χ1v) is 10.5. The van der Waals surface area contributed by atoms with E-state index in [1.54, 1.807) is 0 Å². The summed E-state index contributed by atoms with van der Waals surface area (Å²) in [6.07, 6.45) is 4.11. The van der Waals surface area contributed by atoms with E-state index < -0.39 is 0 Å². The summed E-state index contributed by atoms with van der Waals surface area (Å²) < 4.78 is 5.93. The standard InChI is InChI=1S/C24H32N2O2/c1-3-20-11-8-12-21(4-2)24(20)25-23(27)17-26-15-9-10-19(16-26)18-28-22-13-6-5-7-14-22/h5-8,11-14,19H,3-4,9-10,15-18H2,1-2H3,(H,25,27). The van der Waals surface area contributed by atoms with Gasteiger partial charge >= 0.3 is 0 Å². The molecule has 0 radical (unpaired) electrons. The van der Waals surface area contributed by atoms with Gasteiger partial charge in [-0.3, -0.25) is 9.69 Å². The molecule has 1 saturated heterocycles. The van der Waals surface area contributed by atoms with Crippen LogP contribution in [0.3, 0.4) is 0 Å². The van der Waals surface area contributed by atoms with Crippen LogP contribution < -0.4 is 10.1 Å². The molecular weight excluding hydrogens is 348 g/mol. The molecule has 1 amide bonds. The summed E-state index contributed by atoms with van der Waals surface area (Å²) in [5.74, 6) is 1.47. The van der Waals surface area contributed by atoms with Crippen LogP contribution in [0.15, 0.2) is 48.5 Å². The van der Waals surface area contributed by atoms with Crippen LogP contribution in [0.1, 0.15) is 37.8 Å². The molecule has 4 heteroatoms. The quantitative estimate of drug-likeness (QED) is 0.731. The van der Waals surface area contributed by atoms with Gasteiger partial charge in [0, 0.05) is 18.2 Å². The van der Waals surface area contributed by atoms with Crippen LogP contribution in [0, 0.1) is 5.92 Å². The van der Waals surface area contributed by atoms with E-state index in [9.17, 15) is 4.79 Å². The predicted octanol–water partition coefficient (Wildman–Crippen LogP) is 4.54. The van der Waals surface area contributed by atoms with Crippen LogP contribution in [0.25, 0.3) is 0 Å². The Bertz CT molecular complexity index is 738. The van der Waals surface area contributed by atoms with Crippen molar-refractivity contribution in [3.05, 3.63) is 59.7 Å². The number of nitrogens with zero attached hydrogens (tertiary/aromatic N) is 1. The third-order valence-electron chi connectivity index (χ3n) is 5.46. The van der Waals surface area contributed by atoms with Gasteiger partial charge in [0.2, 0.25) is 5.91 Å². The lowest BCUT2D eigenvalue weighted by atomic mass is 9.99. The number of piperidine rings is 1. The summed E-state index contributed by atoms with van der Waals surface area (Å²) in [5.41, 5.74) is 3.43. The van der Waals surface area contributed by atoms with Crippen molar-refractivity contribution in [1.82, 2.24) is 4.90 Å². The summed E-state index contributed by atoms with van der Waals surface area (Å²) in [6.45, 7) is 7.31. The van der Waals surface area contributed by atoms with E-state index >= 15 is 0 Å². The smallest absolute Gasteiger partial charge is 0.238 e. The average molecular weight is 381 g/mol. The molecule has 1 fully saturated rings. The van der Waals surface area contributed by atoms with Crippen LogP contribution >= 0.6 is 0 Å². The third kappa shape index (κ3) is 5.59. The van der Waals surface area contributed by atoms with Crippen LogP contribution in [-0.2, 0) is 17.6 Å². The van der Waals surface area contributed by atoms with Crippen molar-refractivity contribution in [3.63, 3.8) is 0 Å². The maximum Gasteiger partial charge on any atom is 0.238 e. The Morgan fingerprint density at radius 2 is 1.79 bits per heavy atom. The van der Waals surface area contributed by atoms with E-state index in [0.29, 0.717) is 19.1 Å². The van der Waals surface area contributed by atoms with Crippen LogP contribution in [0.2, 0.25) is 0 Å². The van der Waals surface area contributed by atoms with Crippen molar-refractivity contribution < 1.29 is 9.53 Å². The first-order valence-electron chi connectivity index (χ1n) is 10.5. The van der Waals surface area contributed by atoms with Crippen molar-refractivity contribution in [2.75, 3.05) is 31.6 Å². The van der Waals surface area contributed by atoms with Crippen molar-refractivity contribution in [2.24, 2.45) is 5.92 Å². The highest BCUT2D eigenvalue weighted by molar-refractivity contribution is 5.93. The fourth-order valence-corrected chi connectivity index (χ4v) is 3.95. The fourth-order valence-electron chi connectivity index (χ4n) is 3.95. The molecule has 0 aliphatic carbocycles. The lowest BCUT2D eigenvalue weighted by Crippen LogP contribution is -2.42. The zero-order chi connectivity index (χ0) is 19.8. The molecule has 0 bridgehead atoms. The van der Waals surface area contributed by atoms with Gasteiger partial charge in [0.1, 0.15) is 5.75 Å². The monoisotopic (exact) mass is 380 g/mol. The van der Waals surface area contributed by atoms with Gasteiger partial charge < -0.3 is 10.1 Å². The SMILES string of the molecule is CCc1cccc(CC)c1NC(=O)CN1CCCC(COc2ccccc2)C1. The number of aryl methyl sites for hydroxylation is 2. The summed E-state index contributed by atoms with van der Waals surface area (Å²) in [4.78, 5) is 15.0. The van der Waals surface area contributed by atoms with E-state index in [1.807, 2.05) is 30.3 Å².